The van der Waals surface area contributed by atoms with E-state index in [2.05, 4.69) is 22.0 Å². The van der Waals surface area contributed by atoms with Crippen molar-refractivity contribution in [2.75, 3.05) is 19.5 Å². The van der Waals surface area contributed by atoms with Crippen LogP contribution in [0.1, 0.15) is 37.7 Å². The minimum atomic E-state index is 0.828. The summed E-state index contributed by atoms with van der Waals surface area (Å²) in [4.78, 5) is 0. The highest BCUT2D eigenvalue weighted by Crippen LogP contribution is 2.31. The summed E-state index contributed by atoms with van der Waals surface area (Å²) in [5.74, 6) is 1.72. The van der Waals surface area contributed by atoms with E-state index in [4.69, 9.17) is 9.47 Å². The van der Waals surface area contributed by atoms with Crippen LogP contribution in [-0.2, 0) is 6.42 Å². The fraction of sp³-hybridized carbons (Fsp3) is 0.600. The second-order valence-electron chi connectivity index (χ2n) is 4.36. The maximum absolute atomic E-state index is 5.43. The molecule has 0 aliphatic rings. The third-order valence-electron chi connectivity index (χ3n) is 3.06. The summed E-state index contributed by atoms with van der Waals surface area (Å²) < 4.78 is 10.7. The van der Waals surface area contributed by atoms with Gasteiger partial charge < -0.3 is 9.47 Å². The average molecular weight is 315 g/mol. The van der Waals surface area contributed by atoms with Crippen LogP contribution in [-0.4, -0.2) is 19.5 Å². The Morgan fingerprint density at radius 1 is 0.944 bits per heavy atom. The van der Waals surface area contributed by atoms with Gasteiger partial charge in [-0.3, -0.25) is 0 Å². The van der Waals surface area contributed by atoms with Crippen LogP contribution in [0.5, 0.6) is 11.5 Å². The summed E-state index contributed by atoms with van der Waals surface area (Å²) in [6.45, 7) is 0. The number of rotatable bonds is 9. The minimum Gasteiger partial charge on any atom is -0.493 e. The molecule has 0 radical (unpaired) electrons. The lowest BCUT2D eigenvalue weighted by Gasteiger charge is -2.12. The molecule has 18 heavy (non-hydrogen) atoms. The van der Waals surface area contributed by atoms with Gasteiger partial charge in [-0.1, -0.05) is 47.3 Å². The molecule has 0 aliphatic carbocycles. The first-order chi connectivity index (χ1) is 8.83. The molecule has 3 heteroatoms. The molecule has 102 valence electrons. The van der Waals surface area contributed by atoms with Crippen LogP contribution in [0.15, 0.2) is 18.2 Å². The Balaban J connectivity index is 2.41. The molecule has 1 rings (SSSR count). The largest absolute Gasteiger partial charge is 0.493 e. The standard InChI is InChI=1S/C15H23BrO2/c1-17-14-11-8-10-13(15(14)18-2)9-6-4-3-5-7-12-16/h8,10-11H,3-7,9,12H2,1-2H3. The summed E-state index contributed by atoms with van der Waals surface area (Å²) >= 11 is 3.46. The van der Waals surface area contributed by atoms with Gasteiger partial charge in [0.1, 0.15) is 0 Å². The molecule has 0 heterocycles. The summed E-state index contributed by atoms with van der Waals surface area (Å²) in [5.41, 5.74) is 1.25. The van der Waals surface area contributed by atoms with Crippen LogP contribution >= 0.6 is 15.9 Å². The molecule has 1 aromatic carbocycles. The Labute approximate surface area is 119 Å². The average Bonchev–Trinajstić information content (AvgIpc) is 2.42. The zero-order valence-corrected chi connectivity index (χ0v) is 13.0. The van der Waals surface area contributed by atoms with E-state index in [1.165, 1.54) is 37.7 Å². The molecule has 0 N–H and O–H groups in total. The minimum absolute atomic E-state index is 0.828. The number of aryl methyl sites for hydroxylation is 1. The van der Waals surface area contributed by atoms with Gasteiger partial charge in [-0.05, 0) is 30.9 Å². The summed E-state index contributed by atoms with van der Waals surface area (Å²) in [6, 6.07) is 6.10. The zero-order valence-electron chi connectivity index (χ0n) is 11.4. The number of unbranched alkanes of at least 4 members (excludes halogenated alkanes) is 4. The maximum atomic E-state index is 5.43. The first-order valence-corrected chi connectivity index (χ1v) is 7.71. The van der Waals surface area contributed by atoms with E-state index in [0.29, 0.717) is 0 Å². The van der Waals surface area contributed by atoms with Crippen LogP contribution in [0, 0.1) is 0 Å². The summed E-state index contributed by atoms with van der Waals surface area (Å²) in [6.07, 6.45) is 7.48. The van der Waals surface area contributed by atoms with Crippen molar-refractivity contribution in [3.63, 3.8) is 0 Å². The first kappa shape index (κ1) is 15.4. The number of ether oxygens (including phenoxy) is 2. The Bertz CT molecular complexity index is 339. The molecular formula is C15H23BrO2. The van der Waals surface area contributed by atoms with Crippen LogP contribution in [0.4, 0.5) is 0 Å². The van der Waals surface area contributed by atoms with E-state index in [1.807, 2.05) is 12.1 Å². The molecular weight excluding hydrogens is 292 g/mol. The van der Waals surface area contributed by atoms with E-state index < -0.39 is 0 Å². The maximum Gasteiger partial charge on any atom is 0.163 e. The number of hydrogen-bond donors (Lipinski definition) is 0. The number of para-hydroxylation sites is 1. The molecule has 0 aliphatic heterocycles. The first-order valence-electron chi connectivity index (χ1n) is 6.59. The van der Waals surface area contributed by atoms with Crippen molar-refractivity contribution in [3.8, 4) is 11.5 Å². The van der Waals surface area contributed by atoms with Crippen molar-refractivity contribution >= 4 is 15.9 Å². The van der Waals surface area contributed by atoms with Crippen LogP contribution in [0.25, 0.3) is 0 Å². The molecule has 0 saturated heterocycles. The van der Waals surface area contributed by atoms with Gasteiger partial charge in [-0.25, -0.2) is 0 Å². The van der Waals surface area contributed by atoms with Gasteiger partial charge in [0.2, 0.25) is 0 Å². The summed E-state index contributed by atoms with van der Waals surface area (Å²) in [7, 11) is 3.39. The van der Waals surface area contributed by atoms with Gasteiger partial charge in [0.25, 0.3) is 0 Å². The van der Waals surface area contributed by atoms with Crippen molar-refractivity contribution in [1.82, 2.24) is 0 Å². The van der Waals surface area contributed by atoms with E-state index in [-0.39, 0.29) is 0 Å². The van der Waals surface area contributed by atoms with Crippen molar-refractivity contribution in [2.45, 2.75) is 38.5 Å². The smallest absolute Gasteiger partial charge is 0.163 e. The van der Waals surface area contributed by atoms with Gasteiger partial charge in [-0.2, -0.15) is 0 Å². The van der Waals surface area contributed by atoms with E-state index in [1.54, 1.807) is 14.2 Å². The predicted octanol–water partition coefficient (Wildman–Crippen LogP) is 4.59. The molecule has 2 nitrogen and oxygen atoms in total. The van der Waals surface area contributed by atoms with Crippen LogP contribution in [0.3, 0.4) is 0 Å². The van der Waals surface area contributed by atoms with Crippen molar-refractivity contribution in [1.29, 1.82) is 0 Å². The van der Waals surface area contributed by atoms with E-state index >= 15 is 0 Å². The number of benzene rings is 1. The molecule has 0 bridgehead atoms. The normalized spacial score (nSPS) is 10.4. The second kappa shape index (κ2) is 9.26. The molecule has 1 aromatic rings. The zero-order chi connectivity index (χ0) is 13.2. The van der Waals surface area contributed by atoms with E-state index in [9.17, 15) is 0 Å². The number of hydrogen-bond acceptors (Lipinski definition) is 2. The number of alkyl halides is 1. The van der Waals surface area contributed by atoms with Crippen molar-refractivity contribution < 1.29 is 9.47 Å². The van der Waals surface area contributed by atoms with Crippen LogP contribution < -0.4 is 9.47 Å². The highest BCUT2D eigenvalue weighted by atomic mass is 79.9. The van der Waals surface area contributed by atoms with Crippen molar-refractivity contribution in [2.24, 2.45) is 0 Å². The SMILES string of the molecule is COc1cccc(CCCCCCCBr)c1OC. The molecule has 0 unspecified atom stereocenters. The lowest BCUT2D eigenvalue weighted by molar-refractivity contribution is 0.351. The fourth-order valence-corrected chi connectivity index (χ4v) is 2.49. The topological polar surface area (TPSA) is 18.5 Å². The van der Waals surface area contributed by atoms with Crippen molar-refractivity contribution in [3.05, 3.63) is 23.8 Å². The molecule has 0 aromatic heterocycles. The van der Waals surface area contributed by atoms with Gasteiger partial charge in [0, 0.05) is 5.33 Å². The van der Waals surface area contributed by atoms with Gasteiger partial charge >= 0.3 is 0 Å². The monoisotopic (exact) mass is 314 g/mol. The number of methoxy groups -OCH3 is 2. The van der Waals surface area contributed by atoms with Crippen LogP contribution in [0.2, 0.25) is 0 Å². The lowest BCUT2D eigenvalue weighted by Crippen LogP contribution is -1.96. The van der Waals surface area contributed by atoms with E-state index in [0.717, 1.165) is 23.2 Å². The third kappa shape index (κ3) is 4.89. The quantitative estimate of drug-likeness (QED) is 0.490. The Morgan fingerprint density at radius 3 is 2.33 bits per heavy atom. The number of halogens is 1. The second-order valence-corrected chi connectivity index (χ2v) is 5.15. The highest BCUT2D eigenvalue weighted by molar-refractivity contribution is 9.09. The fourth-order valence-electron chi connectivity index (χ4n) is 2.09. The van der Waals surface area contributed by atoms with Gasteiger partial charge in [0.15, 0.2) is 11.5 Å². The Kier molecular flexibility index (Phi) is 7.90. The molecule has 0 amide bonds. The Morgan fingerprint density at radius 2 is 1.67 bits per heavy atom. The third-order valence-corrected chi connectivity index (χ3v) is 3.62. The van der Waals surface area contributed by atoms with Gasteiger partial charge in [0.05, 0.1) is 14.2 Å². The predicted molar refractivity (Wildman–Crippen MR) is 80.1 cm³/mol. The molecule has 0 saturated carbocycles. The Hall–Kier alpha value is -0.700. The van der Waals surface area contributed by atoms with Gasteiger partial charge in [-0.15, -0.1) is 0 Å². The molecule has 0 spiro atoms. The highest BCUT2D eigenvalue weighted by Gasteiger charge is 2.08. The molecule has 0 atom stereocenters. The lowest BCUT2D eigenvalue weighted by atomic mass is 10.0. The summed E-state index contributed by atoms with van der Waals surface area (Å²) in [5, 5.41) is 1.12. The molecule has 0 fully saturated rings.